The van der Waals surface area contributed by atoms with Gasteiger partial charge in [-0.3, -0.25) is 4.68 Å². The van der Waals surface area contributed by atoms with Gasteiger partial charge in [0.25, 0.3) is 0 Å². The van der Waals surface area contributed by atoms with E-state index in [2.05, 4.69) is 37.4 Å². The van der Waals surface area contributed by atoms with E-state index in [0.29, 0.717) is 6.10 Å². The zero-order valence-corrected chi connectivity index (χ0v) is 13.1. The summed E-state index contributed by atoms with van der Waals surface area (Å²) in [4.78, 5) is 0. The highest BCUT2D eigenvalue weighted by Gasteiger charge is 2.38. The molecule has 1 aromatic heterocycles. The van der Waals surface area contributed by atoms with E-state index in [4.69, 9.17) is 4.74 Å². The van der Waals surface area contributed by atoms with Gasteiger partial charge < -0.3 is 10.1 Å². The summed E-state index contributed by atoms with van der Waals surface area (Å²) in [5, 5.41) is 8.15. The molecule has 0 aliphatic heterocycles. The summed E-state index contributed by atoms with van der Waals surface area (Å²) in [7, 11) is 0. The zero-order chi connectivity index (χ0) is 14.4. The Bertz CT molecular complexity index is 387. The Labute approximate surface area is 122 Å². The van der Waals surface area contributed by atoms with Gasteiger partial charge in [-0.2, -0.15) is 5.10 Å². The van der Waals surface area contributed by atoms with Crippen molar-refractivity contribution in [2.24, 2.45) is 5.92 Å². The maximum atomic E-state index is 6.05. The Balaban J connectivity index is 2.11. The molecule has 20 heavy (non-hydrogen) atoms. The van der Waals surface area contributed by atoms with Gasteiger partial charge in [-0.1, -0.05) is 13.8 Å². The molecule has 4 nitrogen and oxygen atoms in total. The summed E-state index contributed by atoms with van der Waals surface area (Å²) < 4.78 is 8.10. The number of aryl methyl sites for hydroxylation is 1. The molecule has 1 N–H and O–H groups in total. The molecule has 1 heterocycles. The summed E-state index contributed by atoms with van der Waals surface area (Å²) in [6.07, 6.45) is 9.36. The van der Waals surface area contributed by atoms with Crippen LogP contribution in [0.2, 0.25) is 0 Å². The van der Waals surface area contributed by atoms with E-state index >= 15 is 0 Å². The Kier molecular flexibility index (Phi) is 6.05. The van der Waals surface area contributed by atoms with Crippen molar-refractivity contribution >= 4 is 0 Å². The largest absolute Gasteiger partial charge is 0.376 e. The van der Waals surface area contributed by atoms with Crippen molar-refractivity contribution in [3.8, 4) is 0 Å². The number of nitrogens with zero attached hydrogens (tertiary/aromatic N) is 2. The topological polar surface area (TPSA) is 39.1 Å². The van der Waals surface area contributed by atoms with Crippen LogP contribution in [0.15, 0.2) is 12.4 Å². The highest BCUT2D eigenvalue weighted by Crippen LogP contribution is 2.40. The van der Waals surface area contributed by atoms with E-state index in [1.54, 1.807) is 0 Å². The second-order valence-electron chi connectivity index (χ2n) is 5.73. The maximum absolute atomic E-state index is 6.05. The van der Waals surface area contributed by atoms with Crippen molar-refractivity contribution in [3.05, 3.63) is 18.0 Å². The van der Waals surface area contributed by atoms with Gasteiger partial charge in [-0.15, -0.1) is 0 Å². The third-order valence-electron chi connectivity index (χ3n) is 3.85. The summed E-state index contributed by atoms with van der Waals surface area (Å²) in [6, 6.07) is 0.285. The lowest BCUT2D eigenvalue weighted by atomic mass is 10.0. The van der Waals surface area contributed by atoms with Crippen LogP contribution in [0.5, 0.6) is 0 Å². The molecule has 1 aliphatic carbocycles. The second-order valence-corrected chi connectivity index (χ2v) is 5.73. The predicted octanol–water partition coefficient (Wildman–Crippen LogP) is 3.15. The van der Waals surface area contributed by atoms with Crippen LogP contribution >= 0.6 is 0 Å². The molecule has 2 rings (SSSR count). The van der Waals surface area contributed by atoms with Crippen LogP contribution in [0.3, 0.4) is 0 Å². The van der Waals surface area contributed by atoms with Crippen molar-refractivity contribution < 1.29 is 4.74 Å². The lowest BCUT2D eigenvalue weighted by Gasteiger charge is -2.27. The predicted molar refractivity (Wildman–Crippen MR) is 81.7 cm³/mol. The molecule has 0 radical (unpaired) electrons. The van der Waals surface area contributed by atoms with Crippen LogP contribution < -0.4 is 5.32 Å². The lowest BCUT2D eigenvalue weighted by Crippen LogP contribution is -2.35. The summed E-state index contributed by atoms with van der Waals surface area (Å²) in [5.74, 6) is 0.721. The summed E-state index contributed by atoms with van der Waals surface area (Å²) in [5.41, 5.74) is 1.28. The van der Waals surface area contributed by atoms with Crippen LogP contribution in [0, 0.1) is 5.92 Å². The zero-order valence-electron chi connectivity index (χ0n) is 13.1. The average molecular weight is 279 g/mol. The van der Waals surface area contributed by atoms with Crippen LogP contribution in [-0.2, 0) is 11.3 Å². The fraction of sp³-hybridized carbons (Fsp3) is 0.812. The molecular formula is C16H29N3O. The monoisotopic (exact) mass is 279 g/mol. The molecule has 0 saturated heterocycles. The van der Waals surface area contributed by atoms with Gasteiger partial charge in [0.05, 0.1) is 18.3 Å². The summed E-state index contributed by atoms with van der Waals surface area (Å²) in [6.45, 7) is 9.28. The molecule has 1 saturated carbocycles. The van der Waals surface area contributed by atoms with Gasteiger partial charge in [0.15, 0.2) is 0 Å². The lowest BCUT2D eigenvalue weighted by molar-refractivity contribution is 0.0185. The van der Waals surface area contributed by atoms with E-state index in [-0.39, 0.29) is 6.04 Å². The molecule has 2 atom stereocenters. The van der Waals surface area contributed by atoms with E-state index < -0.39 is 0 Å². The smallest absolute Gasteiger partial charge is 0.0798 e. The first-order valence-electron chi connectivity index (χ1n) is 8.17. The minimum absolute atomic E-state index is 0.285. The summed E-state index contributed by atoms with van der Waals surface area (Å²) >= 11 is 0. The fourth-order valence-electron chi connectivity index (χ4n) is 2.74. The van der Waals surface area contributed by atoms with Crippen molar-refractivity contribution in [1.29, 1.82) is 0 Å². The van der Waals surface area contributed by atoms with Crippen molar-refractivity contribution in [3.63, 3.8) is 0 Å². The first kappa shape index (κ1) is 15.5. The molecule has 0 aromatic carbocycles. The minimum atomic E-state index is 0.285. The molecule has 4 heteroatoms. The van der Waals surface area contributed by atoms with Gasteiger partial charge in [-0.05, 0) is 45.1 Å². The number of ether oxygens (including phenoxy) is 1. The van der Waals surface area contributed by atoms with E-state index in [1.807, 2.05) is 10.9 Å². The van der Waals surface area contributed by atoms with Gasteiger partial charge in [-0.25, -0.2) is 0 Å². The molecule has 1 aromatic rings. The fourth-order valence-corrected chi connectivity index (χ4v) is 2.74. The molecule has 0 spiro atoms. The third kappa shape index (κ3) is 4.06. The maximum Gasteiger partial charge on any atom is 0.0798 e. The molecule has 0 bridgehead atoms. The van der Waals surface area contributed by atoms with Gasteiger partial charge in [0.2, 0.25) is 0 Å². The SMILES string of the molecule is CCCNC(c1cnn(CCC)c1)C(OCC)C1CC1. The molecule has 114 valence electrons. The Morgan fingerprint density at radius 2 is 2.15 bits per heavy atom. The standard InChI is InChI=1S/C16H29N3O/c1-4-9-17-15(16(20-6-3)13-7-8-13)14-11-18-19(12-14)10-5-2/h11-13,15-17H,4-10H2,1-3H3. The molecule has 0 amide bonds. The second kappa shape index (κ2) is 7.79. The minimum Gasteiger partial charge on any atom is -0.376 e. The molecule has 2 unspecified atom stereocenters. The molecule has 1 aliphatic rings. The number of aromatic nitrogens is 2. The number of rotatable bonds is 10. The average Bonchev–Trinajstić information content (AvgIpc) is 3.19. The first-order valence-corrected chi connectivity index (χ1v) is 8.17. The van der Waals surface area contributed by atoms with E-state index in [0.717, 1.165) is 38.5 Å². The molecular weight excluding hydrogens is 250 g/mol. The van der Waals surface area contributed by atoms with Crippen molar-refractivity contribution in [2.75, 3.05) is 13.2 Å². The van der Waals surface area contributed by atoms with Crippen LogP contribution in [0.25, 0.3) is 0 Å². The van der Waals surface area contributed by atoms with Crippen molar-refractivity contribution in [1.82, 2.24) is 15.1 Å². The Morgan fingerprint density at radius 1 is 1.35 bits per heavy atom. The van der Waals surface area contributed by atoms with Gasteiger partial charge in [0.1, 0.15) is 0 Å². The number of hydrogen-bond acceptors (Lipinski definition) is 3. The Hall–Kier alpha value is -0.870. The third-order valence-corrected chi connectivity index (χ3v) is 3.85. The van der Waals surface area contributed by atoms with Crippen LogP contribution in [0.1, 0.15) is 58.1 Å². The number of hydrogen-bond donors (Lipinski definition) is 1. The van der Waals surface area contributed by atoms with E-state index in [9.17, 15) is 0 Å². The molecule has 1 fully saturated rings. The highest BCUT2D eigenvalue weighted by atomic mass is 16.5. The highest BCUT2D eigenvalue weighted by molar-refractivity contribution is 5.14. The normalized spacial score (nSPS) is 18.1. The van der Waals surface area contributed by atoms with Gasteiger partial charge >= 0.3 is 0 Å². The van der Waals surface area contributed by atoms with Crippen LogP contribution in [0.4, 0.5) is 0 Å². The quantitative estimate of drug-likeness (QED) is 0.715. The van der Waals surface area contributed by atoms with Gasteiger partial charge in [0, 0.05) is 24.9 Å². The van der Waals surface area contributed by atoms with Crippen LogP contribution in [-0.4, -0.2) is 29.0 Å². The number of nitrogens with one attached hydrogen (secondary N) is 1. The Morgan fingerprint density at radius 3 is 2.75 bits per heavy atom. The van der Waals surface area contributed by atoms with Crippen molar-refractivity contribution in [2.45, 2.75) is 65.1 Å². The van der Waals surface area contributed by atoms with E-state index in [1.165, 1.54) is 18.4 Å². The first-order chi connectivity index (χ1) is 9.80.